The van der Waals surface area contributed by atoms with E-state index in [0.29, 0.717) is 13.1 Å². The summed E-state index contributed by atoms with van der Waals surface area (Å²) < 4.78 is 4.54. The summed E-state index contributed by atoms with van der Waals surface area (Å²) in [5, 5.41) is 0. The van der Waals surface area contributed by atoms with Crippen molar-refractivity contribution in [3.8, 4) is 0 Å². The van der Waals surface area contributed by atoms with Crippen LogP contribution < -0.4 is 0 Å². The third-order valence-corrected chi connectivity index (χ3v) is 1.16. The summed E-state index contributed by atoms with van der Waals surface area (Å²) in [6.07, 6.45) is 0. The van der Waals surface area contributed by atoms with Gasteiger partial charge in [-0.15, -0.1) is 0 Å². The van der Waals surface area contributed by atoms with Crippen LogP contribution in [0.4, 0.5) is 0 Å². The molecule has 2 nitrogen and oxygen atoms in total. The number of carbonyl (C=O) groups excluding carboxylic acids is 1. The molecule has 0 fully saturated rings. The Hall–Kier alpha value is -1.31. The predicted octanol–water partition coefficient (Wildman–Crippen LogP) is 2.39. The van der Waals surface area contributed by atoms with E-state index in [1.165, 1.54) is 0 Å². The van der Waals surface area contributed by atoms with Gasteiger partial charge in [0.05, 0.1) is 0 Å². The van der Waals surface area contributed by atoms with Gasteiger partial charge in [0.25, 0.3) is 6.47 Å². The molecular formula is C10H14O2. The van der Waals surface area contributed by atoms with Gasteiger partial charge in [-0.05, 0) is 5.56 Å². The first kappa shape index (κ1) is 10.7. The number of ether oxygens (including phenoxy) is 1. The average Bonchev–Trinajstić information content (AvgIpc) is 2.19. The van der Waals surface area contributed by atoms with Crippen molar-refractivity contribution < 1.29 is 9.53 Å². The summed E-state index contributed by atoms with van der Waals surface area (Å²) in [6.45, 7) is 4.82. The first-order chi connectivity index (χ1) is 5.93. The lowest BCUT2D eigenvalue weighted by molar-refractivity contribution is -0.129. The Morgan fingerprint density at radius 1 is 1.25 bits per heavy atom. The van der Waals surface area contributed by atoms with Gasteiger partial charge in [-0.3, -0.25) is 4.79 Å². The van der Waals surface area contributed by atoms with E-state index in [0.717, 1.165) is 5.56 Å². The van der Waals surface area contributed by atoms with Crippen LogP contribution in [0.1, 0.15) is 19.4 Å². The number of benzene rings is 1. The van der Waals surface area contributed by atoms with Crippen molar-refractivity contribution in [3.63, 3.8) is 0 Å². The SMILES string of the molecule is CC.O=COCc1ccccc1. The van der Waals surface area contributed by atoms with Crippen molar-refractivity contribution in [3.05, 3.63) is 35.9 Å². The molecule has 0 amide bonds. The summed E-state index contributed by atoms with van der Waals surface area (Å²) in [5.74, 6) is 0. The van der Waals surface area contributed by atoms with Crippen molar-refractivity contribution in [2.75, 3.05) is 0 Å². The fraction of sp³-hybridized carbons (Fsp3) is 0.300. The summed E-state index contributed by atoms with van der Waals surface area (Å²) >= 11 is 0. The molecule has 0 heterocycles. The van der Waals surface area contributed by atoms with Crippen LogP contribution in [0.3, 0.4) is 0 Å². The molecule has 0 aromatic heterocycles. The quantitative estimate of drug-likeness (QED) is 0.644. The van der Waals surface area contributed by atoms with Crippen molar-refractivity contribution in [2.24, 2.45) is 0 Å². The molecule has 66 valence electrons. The largest absolute Gasteiger partial charge is 0.463 e. The standard InChI is InChI=1S/C8H8O2.C2H6/c9-7-10-6-8-4-2-1-3-5-8;1-2/h1-5,7H,6H2;1-2H3. The lowest BCUT2D eigenvalue weighted by Crippen LogP contribution is -1.88. The molecule has 0 aliphatic rings. The maximum Gasteiger partial charge on any atom is 0.293 e. The Kier molecular flexibility index (Phi) is 6.94. The molecule has 12 heavy (non-hydrogen) atoms. The van der Waals surface area contributed by atoms with Crippen LogP contribution >= 0.6 is 0 Å². The van der Waals surface area contributed by atoms with Crippen LogP contribution in [0, 0.1) is 0 Å². The van der Waals surface area contributed by atoms with Gasteiger partial charge >= 0.3 is 0 Å². The van der Waals surface area contributed by atoms with Gasteiger partial charge < -0.3 is 4.74 Å². The van der Waals surface area contributed by atoms with E-state index in [-0.39, 0.29) is 0 Å². The number of rotatable bonds is 3. The van der Waals surface area contributed by atoms with Crippen LogP contribution in [0.15, 0.2) is 30.3 Å². The first-order valence-corrected chi connectivity index (χ1v) is 4.02. The molecule has 2 heteroatoms. The number of hydrogen-bond acceptors (Lipinski definition) is 2. The van der Waals surface area contributed by atoms with Crippen LogP contribution in [-0.4, -0.2) is 6.47 Å². The molecule has 0 spiro atoms. The highest BCUT2D eigenvalue weighted by atomic mass is 16.5. The van der Waals surface area contributed by atoms with Crippen molar-refractivity contribution in [1.29, 1.82) is 0 Å². The van der Waals surface area contributed by atoms with E-state index < -0.39 is 0 Å². The highest BCUT2D eigenvalue weighted by Gasteiger charge is 1.87. The Bertz CT molecular complexity index is 194. The first-order valence-electron chi connectivity index (χ1n) is 4.02. The van der Waals surface area contributed by atoms with Gasteiger partial charge in [0.2, 0.25) is 0 Å². The fourth-order valence-electron chi connectivity index (χ4n) is 0.704. The van der Waals surface area contributed by atoms with Crippen LogP contribution in [0.25, 0.3) is 0 Å². The number of carbonyl (C=O) groups is 1. The lowest BCUT2D eigenvalue weighted by atomic mass is 10.2. The molecule has 1 aromatic rings. The lowest BCUT2D eigenvalue weighted by Gasteiger charge is -1.95. The minimum Gasteiger partial charge on any atom is -0.463 e. The Morgan fingerprint density at radius 2 is 1.83 bits per heavy atom. The minimum atomic E-state index is 0.365. The Labute approximate surface area is 73.2 Å². The van der Waals surface area contributed by atoms with E-state index in [1.807, 2.05) is 44.2 Å². The fourth-order valence-corrected chi connectivity index (χ4v) is 0.704. The molecule has 0 unspecified atom stereocenters. The number of hydrogen-bond donors (Lipinski definition) is 0. The molecule has 0 atom stereocenters. The molecule has 0 saturated heterocycles. The van der Waals surface area contributed by atoms with E-state index in [9.17, 15) is 4.79 Å². The topological polar surface area (TPSA) is 26.3 Å². The third kappa shape index (κ3) is 4.50. The summed E-state index contributed by atoms with van der Waals surface area (Å²) in [5.41, 5.74) is 1.01. The molecule has 0 aliphatic carbocycles. The maximum atomic E-state index is 9.76. The van der Waals surface area contributed by atoms with Crippen molar-refractivity contribution >= 4 is 6.47 Å². The molecule has 1 rings (SSSR count). The third-order valence-electron chi connectivity index (χ3n) is 1.16. The summed E-state index contributed by atoms with van der Waals surface area (Å²) in [6, 6.07) is 9.55. The van der Waals surface area contributed by atoms with Crippen molar-refractivity contribution in [1.82, 2.24) is 0 Å². The van der Waals surface area contributed by atoms with Gasteiger partial charge in [-0.2, -0.15) is 0 Å². The zero-order valence-corrected chi connectivity index (χ0v) is 7.49. The van der Waals surface area contributed by atoms with E-state index in [2.05, 4.69) is 4.74 Å². The van der Waals surface area contributed by atoms with E-state index in [4.69, 9.17) is 0 Å². The maximum absolute atomic E-state index is 9.76. The Balaban J connectivity index is 0.000000561. The zero-order chi connectivity index (χ0) is 9.23. The highest BCUT2D eigenvalue weighted by molar-refractivity contribution is 5.37. The zero-order valence-electron chi connectivity index (χ0n) is 7.49. The minimum absolute atomic E-state index is 0.365. The molecule has 0 aliphatic heterocycles. The normalized spacial score (nSPS) is 7.83. The Morgan fingerprint density at radius 3 is 2.33 bits per heavy atom. The summed E-state index contributed by atoms with van der Waals surface area (Å²) in [4.78, 5) is 9.76. The van der Waals surface area contributed by atoms with Crippen LogP contribution in [0.5, 0.6) is 0 Å². The average molecular weight is 166 g/mol. The predicted molar refractivity (Wildman–Crippen MR) is 48.6 cm³/mol. The second-order valence-electron chi connectivity index (χ2n) is 1.89. The molecule has 0 radical (unpaired) electrons. The van der Waals surface area contributed by atoms with E-state index in [1.54, 1.807) is 0 Å². The molecule has 0 bridgehead atoms. The highest BCUT2D eigenvalue weighted by Crippen LogP contribution is 1.98. The second-order valence-corrected chi connectivity index (χ2v) is 1.89. The van der Waals surface area contributed by atoms with Crippen molar-refractivity contribution in [2.45, 2.75) is 20.5 Å². The summed E-state index contributed by atoms with van der Waals surface area (Å²) in [7, 11) is 0. The van der Waals surface area contributed by atoms with Crippen LogP contribution in [-0.2, 0) is 16.1 Å². The smallest absolute Gasteiger partial charge is 0.293 e. The van der Waals surface area contributed by atoms with Gasteiger partial charge in [0.1, 0.15) is 6.61 Å². The van der Waals surface area contributed by atoms with Gasteiger partial charge in [0, 0.05) is 0 Å². The molecule has 0 saturated carbocycles. The van der Waals surface area contributed by atoms with Gasteiger partial charge in [-0.1, -0.05) is 44.2 Å². The monoisotopic (exact) mass is 166 g/mol. The van der Waals surface area contributed by atoms with E-state index >= 15 is 0 Å². The molecule has 1 aromatic carbocycles. The molecule has 0 N–H and O–H groups in total. The van der Waals surface area contributed by atoms with Gasteiger partial charge in [0.15, 0.2) is 0 Å². The van der Waals surface area contributed by atoms with Gasteiger partial charge in [-0.25, -0.2) is 0 Å². The molecular weight excluding hydrogens is 152 g/mol. The second kappa shape index (κ2) is 7.79. The van der Waals surface area contributed by atoms with Crippen LogP contribution in [0.2, 0.25) is 0 Å².